The summed E-state index contributed by atoms with van der Waals surface area (Å²) < 4.78 is 5.34. The number of rotatable bonds is 2. The van der Waals surface area contributed by atoms with E-state index in [9.17, 15) is 0 Å². The van der Waals surface area contributed by atoms with Gasteiger partial charge in [-0.25, -0.2) is 4.98 Å². The predicted octanol–water partition coefficient (Wildman–Crippen LogP) is 1.48. The van der Waals surface area contributed by atoms with E-state index in [1.807, 2.05) is 0 Å². The highest BCUT2D eigenvalue weighted by Gasteiger charge is 2.22. The third-order valence-electron chi connectivity index (χ3n) is 2.23. The van der Waals surface area contributed by atoms with E-state index in [0.29, 0.717) is 11.8 Å². The molecule has 1 aromatic heterocycles. The van der Waals surface area contributed by atoms with E-state index in [0.717, 1.165) is 24.7 Å². The fourth-order valence-electron chi connectivity index (χ4n) is 1.25. The molecule has 2 heterocycles. The van der Waals surface area contributed by atoms with E-state index in [-0.39, 0.29) is 0 Å². The molecule has 2 rings (SSSR count). The molecule has 0 unspecified atom stereocenters. The Labute approximate surface area is 72.2 Å². The maximum Gasteiger partial charge on any atom is 0.196 e. The molecular weight excluding hydrogens is 152 g/mol. The van der Waals surface area contributed by atoms with E-state index < -0.39 is 0 Å². The van der Waals surface area contributed by atoms with E-state index in [1.54, 1.807) is 6.26 Å². The lowest BCUT2D eigenvalue weighted by Crippen LogP contribution is -2.40. The molecule has 0 amide bonds. The molecule has 1 aromatic rings. The van der Waals surface area contributed by atoms with Crippen LogP contribution in [0.15, 0.2) is 10.7 Å². The van der Waals surface area contributed by atoms with Gasteiger partial charge in [0.15, 0.2) is 5.89 Å². The summed E-state index contributed by atoms with van der Waals surface area (Å²) in [5.74, 6) is 1.84. The van der Waals surface area contributed by atoms with Crippen molar-refractivity contribution < 1.29 is 4.42 Å². The van der Waals surface area contributed by atoms with Crippen molar-refractivity contribution in [3.63, 3.8) is 0 Å². The molecule has 1 fully saturated rings. The summed E-state index contributed by atoms with van der Waals surface area (Å²) in [7, 11) is 0. The molecule has 0 aliphatic carbocycles. The van der Waals surface area contributed by atoms with Crippen LogP contribution in [0.1, 0.15) is 37.3 Å². The van der Waals surface area contributed by atoms with Gasteiger partial charge < -0.3 is 9.73 Å². The highest BCUT2D eigenvalue weighted by atomic mass is 16.3. The first kappa shape index (κ1) is 7.80. The minimum Gasteiger partial charge on any atom is -0.448 e. The second-order valence-corrected chi connectivity index (χ2v) is 3.62. The molecule has 0 atom stereocenters. The van der Waals surface area contributed by atoms with Gasteiger partial charge >= 0.3 is 0 Å². The highest BCUT2D eigenvalue weighted by Crippen LogP contribution is 2.21. The molecule has 1 aliphatic heterocycles. The third-order valence-corrected chi connectivity index (χ3v) is 2.23. The van der Waals surface area contributed by atoms with Crippen molar-refractivity contribution in [1.82, 2.24) is 10.3 Å². The van der Waals surface area contributed by atoms with Gasteiger partial charge in [-0.2, -0.15) is 0 Å². The Hall–Kier alpha value is -0.830. The average molecular weight is 166 g/mol. The molecule has 0 radical (unpaired) electrons. The van der Waals surface area contributed by atoms with Crippen LogP contribution in [-0.4, -0.2) is 18.1 Å². The van der Waals surface area contributed by atoms with E-state index >= 15 is 0 Å². The van der Waals surface area contributed by atoms with Gasteiger partial charge in [-0.15, -0.1) is 0 Å². The van der Waals surface area contributed by atoms with Crippen LogP contribution in [0.2, 0.25) is 0 Å². The second-order valence-electron chi connectivity index (χ2n) is 3.62. The SMILES string of the molecule is CC(C)c1nc(C2CNC2)co1. The van der Waals surface area contributed by atoms with Gasteiger partial charge in [0.2, 0.25) is 0 Å². The third kappa shape index (κ3) is 1.25. The van der Waals surface area contributed by atoms with Crippen LogP contribution in [0, 0.1) is 0 Å². The first-order chi connectivity index (χ1) is 5.77. The van der Waals surface area contributed by atoms with Crippen LogP contribution in [0.4, 0.5) is 0 Å². The number of oxazole rings is 1. The monoisotopic (exact) mass is 166 g/mol. The maximum absolute atomic E-state index is 5.34. The van der Waals surface area contributed by atoms with Gasteiger partial charge in [-0.05, 0) is 0 Å². The first-order valence-electron chi connectivity index (χ1n) is 4.43. The Morgan fingerprint density at radius 2 is 2.33 bits per heavy atom. The lowest BCUT2D eigenvalue weighted by molar-refractivity contribution is 0.437. The molecule has 0 saturated carbocycles. The lowest BCUT2D eigenvalue weighted by Gasteiger charge is -2.24. The van der Waals surface area contributed by atoms with E-state index in [2.05, 4.69) is 24.1 Å². The van der Waals surface area contributed by atoms with Gasteiger partial charge in [-0.1, -0.05) is 13.8 Å². The fourth-order valence-corrected chi connectivity index (χ4v) is 1.25. The topological polar surface area (TPSA) is 38.1 Å². The molecule has 1 N–H and O–H groups in total. The fraction of sp³-hybridized carbons (Fsp3) is 0.667. The van der Waals surface area contributed by atoms with Crippen molar-refractivity contribution in [3.8, 4) is 0 Å². The highest BCUT2D eigenvalue weighted by molar-refractivity contribution is 5.10. The van der Waals surface area contributed by atoms with Crippen molar-refractivity contribution in [2.24, 2.45) is 0 Å². The molecular formula is C9H14N2O. The summed E-state index contributed by atoms with van der Waals surface area (Å²) in [6, 6.07) is 0. The Balaban J connectivity index is 2.12. The largest absolute Gasteiger partial charge is 0.448 e. The number of nitrogens with one attached hydrogen (secondary N) is 1. The van der Waals surface area contributed by atoms with Crippen molar-refractivity contribution in [2.75, 3.05) is 13.1 Å². The number of nitrogens with zero attached hydrogens (tertiary/aromatic N) is 1. The van der Waals surface area contributed by atoms with Crippen LogP contribution in [0.3, 0.4) is 0 Å². The normalized spacial score (nSPS) is 18.2. The number of hydrogen-bond acceptors (Lipinski definition) is 3. The average Bonchev–Trinajstić information content (AvgIpc) is 2.32. The van der Waals surface area contributed by atoms with Crippen LogP contribution >= 0.6 is 0 Å². The standard InChI is InChI=1S/C9H14N2O/c1-6(2)9-11-8(5-12-9)7-3-10-4-7/h5-7,10H,3-4H2,1-2H3. The second kappa shape index (κ2) is 2.90. The molecule has 1 aliphatic rings. The summed E-state index contributed by atoms with van der Waals surface area (Å²) >= 11 is 0. The quantitative estimate of drug-likeness (QED) is 0.723. The zero-order valence-corrected chi connectivity index (χ0v) is 7.50. The summed E-state index contributed by atoms with van der Waals surface area (Å²) in [6.45, 7) is 6.28. The summed E-state index contributed by atoms with van der Waals surface area (Å²) in [4.78, 5) is 4.43. The zero-order chi connectivity index (χ0) is 8.55. The Morgan fingerprint density at radius 3 is 2.75 bits per heavy atom. The van der Waals surface area contributed by atoms with Crippen molar-refractivity contribution >= 4 is 0 Å². The molecule has 0 aromatic carbocycles. The minimum absolute atomic E-state index is 0.395. The minimum atomic E-state index is 0.395. The maximum atomic E-state index is 5.34. The molecule has 0 spiro atoms. The number of hydrogen-bond donors (Lipinski definition) is 1. The van der Waals surface area contributed by atoms with Gasteiger partial charge in [0.25, 0.3) is 0 Å². The molecule has 3 nitrogen and oxygen atoms in total. The lowest BCUT2D eigenvalue weighted by atomic mass is 10.0. The van der Waals surface area contributed by atoms with Crippen molar-refractivity contribution in [1.29, 1.82) is 0 Å². The predicted molar refractivity (Wildman–Crippen MR) is 46.2 cm³/mol. The molecule has 3 heteroatoms. The smallest absolute Gasteiger partial charge is 0.196 e. The van der Waals surface area contributed by atoms with Gasteiger partial charge in [0, 0.05) is 24.9 Å². The van der Waals surface area contributed by atoms with Crippen molar-refractivity contribution in [2.45, 2.75) is 25.7 Å². The van der Waals surface area contributed by atoms with Crippen LogP contribution in [0.25, 0.3) is 0 Å². The Bertz CT molecular complexity index is 263. The number of aromatic nitrogens is 1. The summed E-state index contributed by atoms with van der Waals surface area (Å²) in [6.07, 6.45) is 1.79. The molecule has 12 heavy (non-hydrogen) atoms. The molecule has 1 saturated heterocycles. The van der Waals surface area contributed by atoms with Crippen LogP contribution < -0.4 is 5.32 Å². The van der Waals surface area contributed by atoms with Crippen LogP contribution in [-0.2, 0) is 0 Å². The molecule has 66 valence electrons. The van der Waals surface area contributed by atoms with Gasteiger partial charge in [0.1, 0.15) is 6.26 Å². The zero-order valence-electron chi connectivity index (χ0n) is 7.50. The van der Waals surface area contributed by atoms with E-state index in [1.165, 1.54) is 0 Å². The Morgan fingerprint density at radius 1 is 1.58 bits per heavy atom. The summed E-state index contributed by atoms with van der Waals surface area (Å²) in [5, 5.41) is 3.22. The van der Waals surface area contributed by atoms with E-state index in [4.69, 9.17) is 4.42 Å². The summed E-state index contributed by atoms with van der Waals surface area (Å²) in [5.41, 5.74) is 1.11. The van der Waals surface area contributed by atoms with Crippen molar-refractivity contribution in [3.05, 3.63) is 17.8 Å². The van der Waals surface area contributed by atoms with Gasteiger partial charge in [-0.3, -0.25) is 0 Å². The molecule has 0 bridgehead atoms. The Kier molecular flexibility index (Phi) is 1.89. The first-order valence-corrected chi connectivity index (χ1v) is 4.43. The van der Waals surface area contributed by atoms with Crippen LogP contribution in [0.5, 0.6) is 0 Å². The van der Waals surface area contributed by atoms with Gasteiger partial charge in [0.05, 0.1) is 5.69 Å².